The van der Waals surface area contributed by atoms with Crippen molar-refractivity contribution in [1.82, 2.24) is 14.7 Å². The van der Waals surface area contributed by atoms with Crippen LogP contribution in [-0.2, 0) is 4.74 Å². The van der Waals surface area contributed by atoms with E-state index in [-0.39, 0.29) is 23.5 Å². The lowest BCUT2D eigenvalue weighted by Crippen LogP contribution is -2.66. The monoisotopic (exact) mass is 325 g/mol. The maximum absolute atomic E-state index is 12.9. The maximum Gasteiger partial charge on any atom is 0.257 e. The van der Waals surface area contributed by atoms with Crippen molar-refractivity contribution in [2.45, 2.75) is 32.4 Å². The summed E-state index contributed by atoms with van der Waals surface area (Å²) in [4.78, 5) is 14.8. The number of fused-ring (bicyclic) bond motifs is 1. The molecule has 0 spiro atoms. The van der Waals surface area contributed by atoms with Gasteiger partial charge in [-0.25, -0.2) is 4.68 Å². The van der Waals surface area contributed by atoms with E-state index in [0.717, 1.165) is 18.7 Å². The summed E-state index contributed by atoms with van der Waals surface area (Å²) in [5, 5.41) is 4.34. The predicted octanol–water partition coefficient (Wildman–Crippen LogP) is 2.76. The van der Waals surface area contributed by atoms with Crippen LogP contribution in [0.4, 0.5) is 0 Å². The number of para-hydroxylation sites is 1. The molecule has 24 heavy (non-hydrogen) atoms. The molecule has 0 bridgehead atoms. The van der Waals surface area contributed by atoms with Gasteiger partial charge in [-0.05, 0) is 18.6 Å². The molecule has 1 aliphatic heterocycles. The molecule has 1 aromatic heterocycles. The number of benzene rings is 1. The molecular weight excluding hydrogens is 302 g/mol. The molecule has 2 fully saturated rings. The van der Waals surface area contributed by atoms with Crippen LogP contribution >= 0.6 is 0 Å². The van der Waals surface area contributed by atoms with Gasteiger partial charge in [-0.1, -0.05) is 32.0 Å². The molecule has 1 saturated carbocycles. The molecule has 0 radical (unpaired) electrons. The van der Waals surface area contributed by atoms with Gasteiger partial charge in [0.15, 0.2) is 0 Å². The third-order valence-electron chi connectivity index (χ3n) is 5.63. The number of carbonyl (C=O) groups is 1. The SMILES string of the molecule is CN(C(=O)c1cnn(-c2ccccc2)c1)[C@@H]1[C@H]2CCO[C@H]2C1(C)C. The first kappa shape index (κ1) is 15.4. The molecule has 2 aliphatic rings. The third-order valence-corrected chi connectivity index (χ3v) is 5.63. The molecule has 3 atom stereocenters. The van der Waals surface area contributed by atoms with Gasteiger partial charge in [-0.15, -0.1) is 0 Å². The van der Waals surface area contributed by atoms with Crippen molar-refractivity contribution in [2.75, 3.05) is 13.7 Å². The normalized spacial score (nSPS) is 27.4. The molecule has 1 amide bonds. The largest absolute Gasteiger partial charge is 0.377 e. The summed E-state index contributed by atoms with van der Waals surface area (Å²) in [5.74, 6) is 0.485. The fourth-order valence-corrected chi connectivity index (χ4v) is 4.57. The lowest BCUT2D eigenvalue weighted by Gasteiger charge is -2.57. The van der Waals surface area contributed by atoms with E-state index in [4.69, 9.17) is 4.74 Å². The van der Waals surface area contributed by atoms with Crippen LogP contribution in [0, 0.1) is 11.3 Å². The van der Waals surface area contributed by atoms with Crippen LogP contribution in [0.2, 0.25) is 0 Å². The first-order chi connectivity index (χ1) is 11.5. The van der Waals surface area contributed by atoms with E-state index in [0.29, 0.717) is 11.5 Å². The number of carbonyl (C=O) groups excluding carboxylic acids is 1. The summed E-state index contributed by atoms with van der Waals surface area (Å²) >= 11 is 0. The Morgan fingerprint density at radius 2 is 2.08 bits per heavy atom. The lowest BCUT2D eigenvalue weighted by molar-refractivity contribution is -0.139. The Morgan fingerprint density at radius 1 is 1.33 bits per heavy atom. The highest BCUT2D eigenvalue weighted by molar-refractivity contribution is 5.94. The molecule has 2 heterocycles. The van der Waals surface area contributed by atoms with Crippen LogP contribution in [0.1, 0.15) is 30.6 Å². The second-order valence-corrected chi connectivity index (χ2v) is 7.44. The molecule has 5 heteroatoms. The number of aromatic nitrogens is 2. The van der Waals surface area contributed by atoms with E-state index in [9.17, 15) is 4.79 Å². The quantitative estimate of drug-likeness (QED) is 0.872. The van der Waals surface area contributed by atoms with Gasteiger partial charge in [0.05, 0.1) is 23.6 Å². The molecule has 126 valence electrons. The van der Waals surface area contributed by atoms with E-state index >= 15 is 0 Å². The second-order valence-electron chi connectivity index (χ2n) is 7.44. The average Bonchev–Trinajstić information content (AvgIpc) is 3.23. The van der Waals surface area contributed by atoms with Crippen LogP contribution in [0.5, 0.6) is 0 Å². The summed E-state index contributed by atoms with van der Waals surface area (Å²) in [6, 6.07) is 10.0. The van der Waals surface area contributed by atoms with Crippen molar-refractivity contribution in [3.63, 3.8) is 0 Å². The average molecular weight is 325 g/mol. The van der Waals surface area contributed by atoms with Gasteiger partial charge in [-0.3, -0.25) is 4.79 Å². The Balaban J connectivity index is 1.55. The second kappa shape index (κ2) is 5.45. The summed E-state index contributed by atoms with van der Waals surface area (Å²) in [5.41, 5.74) is 1.58. The standard InChI is InChI=1S/C19H23N3O2/c1-19(2)16(15-9-10-24-17(15)19)21(3)18(23)13-11-20-22(12-13)14-7-5-4-6-8-14/h4-8,11-12,15-17H,9-10H2,1-3H3/t15-,16-,17-/m1/s1. The highest BCUT2D eigenvalue weighted by Crippen LogP contribution is 2.54. The number of nitrogens with zero attached hydrogens (tertiary/aromatic N) is 3. The zero-order valence-corrected chi connectivity index (χ0v) is 14.3. The van der Waals surface area contributed by atoms with Crippen molar-refractivity contribution in [3.05, 3.63) is 48.3 Å². The fraction of sp³-hybridized carbons (Fsp3) is 0.474. The van der Waals surface area contributed by atoms with Crippen molar-refractivity contribution >= 4 is 5.91 Å². The van der Waals surface area contributed by atoms with Crippen molar-refractivity contribution in [2.24, 2.45) is 11.3 Å². The molecule has 0 N–H and O–H groups in total. The van der Waals surface area contributed by atoms with Crippen molar-refractivity contribution in [3.8, 4) is 5.69 Å². The highest BCUT2D eigenvalue weighted by atomic mass is 16.5. The zero-order valence-electron chi connectivity index (χ0n) is 14.3. The van der Waals surface area contributed by atoms with Gasteiger partial charge in [0.2, 0.25) is 0 Å². The van der Waals surface area contributed by atoms with Crippen LogP contribution in [0.25, 0.3) is 5.69 Å². The predicted molar refractivity (Wildman–Crippen MR) is 91.1 cm³/mol. The zero-order chi connectivity index (χ0) is 16.9. The number of hydrogen-bond acceptors (Lipinski definition) is 3. The fourth-order valence-electron chi connectivity index (χ4n) is 4.57. The maximum atomic E-state index is 12.9. The first-order valence-corrected chi connectivity index (χ1v) is 8.49. The van der Waals surface area contributed by atoms with E-state index < -0.39 is 0 Å². The van der Waals surface area contributed by atoms with E-state index in [1.165, 1.54) is 0 Å². The topological polar surface area (TPSA) is 47.4 Å². The van der Waals surface area contributed by atoms with Crippen molar-refractivity contribution in [1.29, 1.82) is 0 Å². The molecule has 5 nitrogen and oxygen atoms in total. The van der Waals surface area contributed by atoms with Crippen LogP contribution in [0.3, 0.4) is 0 Å². The highest BCUT2D eigenvalue weighted by Gasteiger charge is 2.61. The van der Waals surface area contributed by atoms with E-state index in [1.54, 1.807) is 10.9 Å². The summed E-state index contributed by atoms with van der Waals surface area (Å²) in [6.07, 6.45) is 4.78. The molecule has 1 aliphatic carbocycles. The van der Waals surface area contributed by atoms with Crippen molar-refractivity contribution < 1.29 is 9.53 Å². The number of hydrogen-bond donors (Lipinski definition) is 0. The lowest BCUT2D eigenvalue weighted by atomic mass is 9.56. The number of amides is 1. The van der Waals surface area contributed by atoms with E-state index in [1.807, 2.05) is 48.5 Å². The summed E-state index contributed by atoms with van der Waals surface area (Å²) < 4.78 is 7.59. The molecule has 2 aromatic rings. The minimum absolute atomic E-state index is 0.000993. The van der Waals surface area contributed by atoms with Gasteiger partial charge < -0.3 is 9.64 Å². The van der Waals surface area contributed by atoms with Gasteiger partial charge in [0.25, 0.3) is 5.91 Å². The number of ether oxygens (including phenoxy) is 1. The number of rotatable bonds is 3. The van der Waals surface area contributed by atoms with Crippen LogP contribution in [0.15, 0.2) is 42.7 Å². The van der Waals surface area contributed by atoms with Gasteiger partial charge >= 0.3 is 0 Å². The Kier molecular flexibility index (Phi) is 3.49. The summed E-state index contributed by atoms with van der Waals surface area (Å²) in [6.45, 7) is 5.20. The minimum atomic E-state index is 0.000993. The molecule has 1 aromatic carbocycles. The molecule has 1 saturated heterocycles. The van der Waals surface area contributed by atoms with Gasteiger partial charge in [0.1, 0.15) is 0 Å². The molecule has 0 unspecified atom stereocenters. The minimum Gasteiger partial charge on any atom is -0.377 e. The smallest absolute Gasteiger partial charge is 0.257 e. The van der Waals surface area contributed by atoms with Crippen LogP contribution in [-0.4, -0.2) is 46.4 Å². The Bertz CT molecular complexity index is 753. The molecular formula is C19H23N3O2. The van der Waals surface area contributed by atoms with Gasteiger partial charge in [0, 0.05) is 37.2 Å². The third kappa shape index (κ3) is 2.18. The van der Waals surface area contributed by atoms with Crippen LogP contribution < -0.4 is 0 Å². The first-order valence-electron chi connectivity index (χ1n) is 8.49. The Labute approximate surface area is 142 Å². The summed E-state index contributed by atoms with van der Waals surface area (Å²) in [7, 11) is 1.91. The molecule has 4 rings (SSSR count). The van der Waals surface area contributed by atoms with E-state index in [2.05, 4.69) is 18.9 Å². The van der Waals surface area contributed by atoms with Gasteiger partial charge in [-0.2, -0.15) is 5.10 Å². The Morgan fingerprint density at radius 3 is 2.83 bits per heavy atom. The Hall–Kier alpha value is -2.14.